The Labute approximate surface area is 867 Å². The highest BCUT2D eigenvalue weighted by Gasteiger charge is 2.66. The first-order valence-corrected chi connectivity index (χ1v) is 50.6. The Morgan fingerprint density at radius 2 is 1.04 bits per heavy atom. The number of halogens is 3. The van der Waals surface area contributed by atoms with Gasteiger partial charge >= 0.3 is 84.0 Å². The third kappa shape index (κ3) is 35.5. The van der Waals surface area contributed by atoms with Gasteiger partial charge in [0.1, 0.15) is 54.1 Å². The molecule has 4 aromatic carbocycles. The van der Waals surface area contributed by atoms with Crippen LogP contribution in [0.3, 0.4) is 0 Å². The van der Waals surface area contributed by atoms with Crippen molar-refractivity contribution in [3.63, 3.8) is 0 Å². The Balaban J connectivity index is 0.000000205. The summed E-state index contributed by atoms with van der Waals surface area (Å²) in [4.78, 5) is 145. The van der Waals surface area contributed by atoms with E-state index in [1.54, 1.807) is 108 Å². The molecule has 33 nitrogen and oxygen atoms in total. The molecule has 0 radical (unpaired) electrons. The molecule has 13 aliphatic rings. The number of ether oxygens (including phenoxy) is 15. The van der Waals surface area contributed by atoms with Gasteiger partial charge in [0.2, 0.25) is 0 Å². The van der Waals surface area contributed by atoms with Crippen molar-refractivity contribution >= 4 is 106 Å². The lowest BCUT2D eigenvalue weighted by atomic mass is 9.52. The Bertz CT molecular complexity index is 5730. The molecule has 16 unspecified atom stereocenters. The fraction of sp³-hybridized carbons (Fsp3) is 0.509. The highest BCUT2D eigenvalue weighted by molar-refractivity contribution is 7.87. The Kier molecular flexibility index (Phi) is 43.3. The zero-order chi connectivity index (χ0) is 111. The zero-order valence-electron chi connectivity index (χ0n) is 86.9. The highest BCUT2D eigenvalue weighted by atomic mass is 32.2. The lowest BCUT2D eigenvalue weighted by Gasteiger charge is -2.59. The first-order chi connectivity index (χ1) is 69.7. The molecule has 13 fully saturated rings. The predicted molar refractivity (Wildman–Crippen MR) is 540 cm³/mol. The summed E-state index contributed by atoms with van der Waals surface area (Å²) in [6.45, 7) is 49.4. The average molecular weight is 2100 g/mol. The van der Waals surface area contributed by atoms with Crippen molar-refractivity contribution in [3.05, 3.63) is 206 Å². The minimum absolute atomic E-state index is 0.00284. The van der Waals surface area contributed by atoms with Gasteiger partial charge in [0.05, 0.1) is 31.0 Å². The third-order valence-corrected chi connectivity index (χ3v) is 28.8. The second kappa shape index (κ2) is 53.3. The lowest BCUT2D eigenvalue weighted by molar-refractivity contribution is -0.259. The van der Waals surface area contributed by atoms with Crippen molar-refractivity contribution in [2.24, 2.45) is 47.3 Å². The van der Waals surface area contributed by atoms with Crippen LogP contribution in [0, 0.1) is 47.3 Å². The number of hydrogen-bond acceptors (Lipinski definition) is 33. The maximum atomic E-state index is 12.7. The van der Waals surface area contributed by atoms with Crippen molar-refractivity contribution < 1.29 is 169 Å². The molecular formula is C112H139F3O33S. The number of fused-ring (bicyclic) bond motifs is 4. The number of cyclic esters (lactones) is 1. The highest BCUT2D eigenvalue weighted by Crippen LogP contribution is 2.60. The topological polar surface area (TPSA) is 444 Å². The normalized spacial score (nSPS) is 26.3. The van der Waals surface area contributed by atoms with Crippen molar-refractivity contribution in [2.75, 3.05) is 26.9 Å². The van der Waals surface area contributed by atoms with E-state index in [-0.39, 0.29) is 126 Å². The van der Waals surface area contributed by atoms with E-state index >= 15 is 0 Å². The molecule has 0 aromatic heterocycles. The molecule has 0 amide bonds. The van der Waals surface area contributed by atoms with Gasteiger partial charge < -0.3 is 81.3 Å². The van der Waals surface area contributed by atoms with Crippen molar-refractivity contribution in [3.8, 4) is 28.7 Å². The number of hydrogen-bond donors (Lipinski definition) is 2. The van der Waals surface area contributed by atoms with Crippen LogP contribution in [-0.2, 0) is 125 Å². The van der Waals surface area contributed by atoms with E-state index in [0.717, 1.165) is 99.8 Å². The van der Waals surface area contributed by atoms with Crippen LogP contribution in [-0.4, -0.2) is 188 Å². The number of methoxy groups -OCH3 is 1. The molecule has 149 heavy (non-hydrogen) atoms. The molecule has 3 aliphatic heterocycles. The molecule has 0 spiro atoms. The molecule has 16 atom stereocenters. The first-order valence-electron chi connectivity index (χ1n) is 49.2. The van der Waals surface area contributed by atoms with Crippen LogP contribution in [0.1, 0.15) is 240 Å². The van der Waals surface area contributed by atoms with E-state index in [0.29, 0.717) is 102 Å². The molecule has 2 N–H and O–H groups in total. The van der Waals surface area contributed by atoms with Crippen LogP contribution in [0.5, 0.6) is 28.7 Å². The van der Waals surface area contributed by atoms with E-state index in [4.69, 9.17) is 75.2 Å². The van der Waals surface area contributed by atoms with Gasteiger partial charge in [-0.05, 0) is 265 Å². The number of carbonyl (C=O) groups is 13. The lowest BCUT2D eigenvalue weighted by Crippen LogP contribution is -2.60. The van der Waals surface area contributed by atoms with Crippen LogP contribution in [0.2, 0.25) is 0 Å². The maximum Gasteiger partial charge on any atom is 0.509 e. The summed E-state index contributed by atoms with van der Waals surface area (Å²) in [7, 11) is -2.00. The van der Waals surface area contributed by atoms with E-state index in [2.05, 4.69) is 71.3 Å². The maximum absolute atomic E-state index is 12.7. The second-order valence-corrected chi connectivity index (χ2v) is 42.1. The predicted octanol–water partition coefficient (Wildman–Crippen LogP) is 18.9. The fourth-order valence-electron chi connectivity index (χ4n) is 20.4. The smallest absolute Gasteiger partial charge is 0.493 e. The van der Waals surface area contributed by atoms with E-state index in [1.807, 2.05) is 30.3 Å². The van der Waals surface area contributed by atoms with Gasteiger partial charge in [-0.15, -0.1) is 0 Å². The second-order valence-electron chi connectivity index (χ2n) is 40.4. The largest absolute Gasteiger partial charge is 0.509 e. The first kappa shape index (κ1) is 121. The van der Waals surface area contributed by atoms with Crippen molar-refractivity contribution in [2.45, 2.75) is 288 Å². The van der Waals surface area contributed by atoms with Crippen LogP contribution < -0.4 is 23.7 Å². The van der Waals surface area contributed by atoms with Crippen LogP contribution in [0.15, 0.2) is 184 Å². The number of rotatable bonds is 26. The standard InChI is InChI=1S/C16H20O2.C15H21F3O3.C14H20O3.C13H16O7S.C12H16O5.C12H12O4.C11H12O3.C10H10O2.C9H12O4/c1-13(2)15(17)18-16(11-7-4-8-12-16)14-9-5-3-6-10-14;1-8(2)13(19)21-12-6-9-4-10(12)5-11(9)7-14(3,20)15(16,17)18;1-9(2)12(15)17-14-6-10-3-11(7-14)5-13(16,4-10)8-14;1-6(2)13(15)18-5-10(14)19-11-7-3-8-9(4-7)21(16,17)20-12(8)11;1-7(2)11(13)15-6-8-3-4-9-10(5-8)17-12(14)16-9;1-4-10-5-6-11(15-8(2)13)12(7-10)16-9(3)14;1-4-9-5-6-10(14-8(2)12)11(7-9)13-3;1-3-9-4-6-10(7-5-9)12-8(2)11;1-6(2)8(11)13-9(3)4-7(10)12-5-9/h3,5-6,9-10H,1,4,7-8,11-12H2,2H3;9-12,20H,1,4-7H2,2-3H3;10-11,16H,1,3-8H2,2H3;7-9,11-12H,1,3-5H2,2H3;8-10H,1,3-6H2,2H3;4-7H,1H2,2-3H3;4-7H,1H2,2-3H3;3-7H,1H2,2H3;1,4-5H2,2-3H3. The molecule has 4 aromatic rings. The summed E-state index contributed by atoms with van der Waals surface area (Å²) in [5.41, 5.74) is 1.10. The van der Waals surface area contributed by atoms with Gasteiger partial charge in [-0.3, -0.25) is 28.2 Å². The van der Waals surface area contributed by atoms with Gasteiger partial charge in [-0.1, -0.05) is 138 Å². The number of aliphatic hydroxyl groups is 2. The van der Waals surface area contributed by atoms with Crippen molar-refractivity contribution in [1.29, 1.82) is 0 Å². The number of esters is 12. The van der Waals surface area contributed by atoms with Gasteiger partial charge in [0.15, 0.2) is 40.8 Å². The molecule has 3 heterocycles. The van der Waals surface area contributed by atoms with Crippen LogP contribution in [0.4, 0.5) is 18.0 Å². The summed E-state index contributed by atoms with van der Waals surface area (Å²) >= 11 is 0. The van der Waals surface area contributed by atoms with Gasteiger partial charge in [0.25, 0.3) is 10.1 Å². The molecule has 10 saturated carbocycles. The zero-order valence-corrected chi connectivity index (χ0v) is 87.7. The van der Waals surface area contributed by atoms with Gasteiger partial charge in [0, 0.05) is 79.4 Å². The quantitative estimate of drug-likeness (QED) is 0.0194. The fourth-order valence-corrected chi connectivity index (χ4v) is 22.3. The third-order valence-electron chi connectivity index (χ3n) is 27.0. The Morgan fingerprint density at radius 3 is 1.54 bits per heavy atom. The summed E-state index contributed by atoms with van der Waals surface area (Å²) < 4.78 is 143. The Hall–Kier alpha value is -13.1. The van der Waals surface area contributed by atoms with Crippen LogP contribution >= 0.6 is 0 Å². The molecule has 17 rings (SSSR count). The van der Waals surface area contributed by atoms with Crippen LogP contribution in [0.25, 0.3) is 18.2 Å². The summed E-state index contributed by atoms with van der Waals surface area (Å²) in [5, 5.41) is 19.7. The molecular weight excluding hydrogens is 1960 g/mol. The SMILES string of the molecule is C=C(C)C(=O)OC1(C)COC(=O)C1.C=C(C)C(=O)OC1(c2ccccc2)CCCCC1.C=C(C)C(=O)OC12CC3CC(CC(O)(C3)C1)C2.C=C(C)C(=O)OC1CC2CC1CC2CC(C)(O)C(F)(F)F.C=C(C)C(=O)OCC(=O)OC1C2CC3C1OS(=O)(=O)C3C2.C=C(C)C(=O)OCC1CCC2OC(=O)OC2C1.C=Cc1ccc(OC(C)=O)c(OC(C)=O)c1.C=Cc1ccc(OC(C)=O)c(OC)c1.C=Cc1ccc(OC(C)=O)cc1. The molecule has 3 saturated heterocycles. The minimum Gasteiger partial charge on any atom is -0.493 e. The molecule has 37 heteroatoms. The molecule has 8 bridgehead atoms. The minimum atomic E-state index is -4.61. The van der Waals surface area contributed by atoms with Gasteiger partial charge in [-0.25, -0.2) is 38.4 Å². The molecule has 10 aliphatic carbocycles. The van der Waals surface area contributed by atoms with E-state index in [9.17, 15) is 94.1 Å². The van der Waals surface area contributed by atoms with Gasteiger partial charge in [-0.2, -0.15) is 21.6 Å². The number of benzene rings is 4. The summed E-state index contributed by atoms with van der Waals surface area (Å²) in [6.07, 6.45) is 14.2. The number of carbonyl (C=O) groups excluding carboxylic acids is 13. The average Bonchev–Trinajstić information content (AvgIpc) is 1.39. The van der Waals surface area contributed by atoms with E-state index < -0.39 is 110 Å². The van der Waals surface area contributed by atoms with Crippen molar-refractivity contribution in [1.82, 2.24) is 0 Å². The molecule has 812 valence electrons. The summed E-state index contributed by atoms with van der Waals surface area (Å²) in [6, 6.07) is 27.3. The van der Waals surface area contributed by atoms with E-state index in [1.165, 1.54) is 54.6 Å². The monoisotopic (exact) mass is 2100 g/mol. The Morgan fingerprint density at radius 1 is 0.530 bits per heavy atom. The summed E-state index contributed by atoms with van der Waals surface area (Å²) in [5.74, 6) is -2.00. The number of alkyl halides is 3.